The summed E-state index contributed by atoms with van der Waals surface area (Å²) < 4.78 is 5.58. The Kier molecular flexibility index (Phi) is 6.23. The standard InChI is InChI=1S/C28H36N2O2/c1-32-26-8-5-7-25(19-26)28(15-6-16-29(21-28)20-22-9-10-22)24-13-11-23(12-14-24)27(31)30-17-3-2-4-18-30/h5,7-8,11-14,19,22H,2-4,6,9-10,15-18,20-21H2,1H3. The SMILES string of the molecule is COc1cccc(C2(c3ccc(C(=O)N4CCCCC4)cc3)CCCN(CC3CC3)C2)c1. The lowest BCUT2D eigenvalue weighted by atomic mass is 9.69. The molecule has 1 saturated carbocycles. The van der Waals surface area contributed by atoms with Gasteiger partial charge in [-0.2, -0.15) is 0 Å². The van der Waals surface area contributed by atoms with Crippen LogP contribution in [0.15, 0.2) is 48.5 Å². The van der Waals surface area contributed by atoms with Crippen LogP contribution in [0.5, 0.6) is 5.75 Å². The second kappa shape index (κ2) is 9.27. The van der Waals surface area contributed by atoms with Crippen LogP contribution in [0.3, 0.4) is 0 Å². The number of likely N-dealkylation sites (tertiary alicyclic amines) is 2. The lowest BCUT2D eigenvalue weighted by Gasteiger charge is -2.44. The first-order valence-corrected chi connectivity index (χ1v) is 12.4. The zero-order valence-electron chi connectivity index (χ0n) is 19.4. The number of nitrogens with zero attached hydrogens (tertiary/aromatic N) is 2. The van der Waals surface area contributed by atoms with E-state index in [4.69, 9.17) is 4.74 Å². The molecule has 32 heavy (non-hydrogen) atoms. The molecule has 2 heterocycles. The lowest BCUT2D eigenvalue weighted by Crippen LogP contribution is -2.47. The van der Waals surface area contributed by atoms with Gasteiger partial charge in [0.05, 0.1) is 7.11 Å². The molecule has 2 aliphatic heterocycles. The van der Waals surface area contributed by atoms with Crippen molar-refractivity contribution in [2.24, 2.45) is 5.92 Å². The zero-order valence-corrected chi connectivity index (χ0v) is 19.4. The van der Waals surface area contributed by atoms with Crippen LogP contribution in [0, 0.1) is 5.92 Å². The first-order valence-electron chi connectivity index (χ1n) is 12.4. The van der Waals surface area contributed by atoms with Crippen LogP contribution in [0.4, 0.5) is 0 Å². The van der Waals surface area contributed by atoms with Crippen molar-refractivity contribution in [3.63, 3.8) is 0 Å². The van der Waals surface area contributed by atoms with Gasteiger partial charge in [0.25, 0.3) is 5.91 Å². The van der Waals surface area contributed by atoms with Crippen molar-refractivity contribution >= 4 is 5.91 Å². The van der Waals surface area contributed by atoms with Gasteiger partial charge in [-0.1, -0.05) is 24.3 Å². The van der Waals surface area contributed by atoms with E-state index in [1.54, 1.807) is 7.11 Å². The summed E-state index contributed by atoms with van der Waals surface area (Å²) in [4.78, 5) is 17.7. The van der Waals surface area contributed by atoms with Gasteiger partial charge in [0.15, 0.2) is 0 Å². The summed E-state index contributed by atoms with van der Waals surface area (Å²) in [7, 11) is 1.74. The van der Waals surface area contributed by atoms with Gasteiger partial charge in [-0.15, -0.1) is 0 Å². The van der Waals surface area contributed by atoms with E-state index < -0.39 is 0 Å². The molecule has 0 bridgehead atoms. The monoisotopic (exact) mass is 432 g/mol. The fraction of sp³-hybridized carbons (Fsp3) is 0.536. The van der Waals surface area contributed by atoms with Crippen molar-refractivity contribution in [3.8, 4) is 5.75 Å². The molecule has 1 aliphatic carbocycles. The van der Waals surface area contributed by atoms with Crippen LogP contribution >= 0.6 is 0 Å². The number of rotatable bonds is 6. The minimum atomic E-state index is -0.0611. The molecular weight excluding hydrogens is 396 g/mol. The summed E-state index contributed by atoms with van der Waals surface area (Å²) in [5.74, 6) is 1.99. The number of piperidine rings is 2. The fourth-order valence-electron chi connectivity index (χ4n) is 5.74. The molecule has 0 aromatic heterocycles. The molecule has 1 amide bonds. The van der Waals surface area contributed by atoms with E-state index in [9.17, 15) is 4.79 Å². The topological polar surface area (TPSA) is 32.8 Å². The number of hydrogen-bond acceptors (Lipinski definition) is 3. The zero-order chi connectivity index (χ0) is 22.0. The number of methoxy groups -OCH3 is 1. The van der Waals surface area contributed by atoms with E-state index in [1.807, 2.05) is 11.0 Å². The second-order valence-electron chi connectivity index (χ2n) is 10.0. The molecule has 3 fully saturated rings. The van der Waals surface area contributed by atoms with E-state index in [0.717, 1.165) is 56.1 Å². The van der Waals surface area contributed by atoms with E-state index in [2.05, 4.69) is 47.4 Å². The smallest absolute Gasteiger partial charge is 0.253 e. The van der Waals surface area contributed by atoms with Gasteiger partial charge in [-0.3, -0.25) is 4.79 Å². The highest BCUT2D eigenvalue weighted by atomic mass is 16.5. The van der Waals surface area contributed by atoms with Gasteiger partial charge in [-0.05, 0) is 92.8 Å². The molecule has 1 atom stereocenters. The summed E-state index contributed by atoms with van der Waals surface area (Å²) in [5, 5.41) is 0. The molecule has 0 radical (unpaired) electrons. The average molecular weight is 433 g/mol. The van der Waals surface area contributed by atoms with Gasteiger partial charge in [0.2, 0.25) is 0 Å². The molecule has 1 unspecified atom stereocenters. The molecular formula is C28H36N2O2. The molecule has 3 aliphatic rings. The first-order chi connectivity index (χ1) is 15.7. The van der Waals surface area contributed by atoms with Crippen molar-refractivity contribution in [3.05, 3.63) is 65.2 Å². The van der Waals surface area contributed by atoms with Crippen molar-refractivity contribution in [1.82, 2.24) is 9.80 Å². The molecule has 4 nitrogen and oxygen atoms in total. The van der Waals surface area contributed by atoms with Gasteiger partial charge in [0, 0.05) is 37.2 Å². The summed E-state index contributed by atoms with van der Waals surface area (Å²) in [6.45, 7) is 5.23. The highest BCUT2D eigenvalue weighted by molar-refractivity contribution is 5.94. The van der Waals surface area contributed by atoms with E-state index in [0.29, 0.717) is 0 Å². The Morgan fingerprint density at radius 2 is 1.75 bits per heavy atom. The van der Waals surface area contributed by atoms with Crippen LogP contribution in [-0.2, 0) is 5.41 Å². The predicted molar refractivity (Wildman–Crippen MR) is 128 cm³/mol. The highest BCUT2D eigenvalue weighted by Crippen LogP contribution is 2.42. The number of benzene rings is 2. The quantitative estimate of drug-likeness (QED) is 0.636. The summed E-state index contributed by atoms with van der Waals surface area (Å²) in [6, 6.07) is 17.2. The number of carbonyl (C=O) groups is 1. The molecule has 2 aromatic carbocycles. The third-order valence-electron chi connectivity index (χ3n) is 7.73. The van der Waals surface area contributed by atoms with E-state index >= 15 is 0 Å². The number of amides is 1. The van der Waals surface area contributed by atoms with E-state index in [-0.39, 0.29) is 11.3 Å². The molecule has 5 rings (SSSR count). The third-order valence-corrected chi connectivity index (χ3v) is 7.73. The predicted octanol–water partition coefficient (Wildman–Crippen LogP) is 5.11. The Labute approximate surface area is 192 Å². The van der Waals surface area contributed by atoms with Crippen molar-refractivity contribution < 1.29 is 9.53 Å². The van der Waals surface area contributed by atoms with Crippen LogP contribution in [-0.4, -0.2) is 55.5 Å². The molecule has 2 aromatic rings. The van der Waals surface area contributed by atoms with Crippen molar-refractivity contribution in [2.75, 3.05) is 39.8 Å². The number of hydrogen-bond donors (Lipinski definition) is 0. The lowest BCUT2D eigenvalue weighted by molar-refractivity contribution is 0.0724. The van der Waals surface area contributed by atoms with Gasteiger partial charge < -0.3 is 14.5 Å². The minimum absolute atomic E-state index is 0.0611. The van der Waals surface area contributed by atoms with Crippen LogP contribution in [0.2, 0.25) is 0 Å². The van der Waals surface area contributed by atoms with Crippen LogP contribution < -0.4 is 4.74 Å². The molecule has 2 saturated heterocycles. The minimum Gasteiger partial charge on any atom is -0.497 e. The Morgan fingerprint density at radius 1 is 0.969 bits per heavy atom. The maximum atomic E-state index is 13.0. The maximum absolute atomic E-state index is 13.0. The second-order valence-corrected chi connectivity index (χ2v) is 10.0. The van der Waals surface area contributed by atoms with Gasteiger partial charge in [-0.25, -0.2) is 0 Å². The van der Waals surface area contributed by atoms with Gasteiger partial charge >= 0.3 is 0 Å². The summed E-state index contributed by atoms with van der Waals surface area (Å²) >= 11 is 0. The Morgan fingerprint density at radius 3 is 2.47 bits per heavy atom. The molecule has 0 N–H and O–H groups in total. The van der Waals surface area contributed by atoms with Gasteiger partial charge in [0.1, 0.15) is 5.75 Å². The van der Waals surface area contributed by atoms with E-state index in [1.165, 1.54) is 49.9 Å². The number of ether oxygens (including phenoxy) is 1. The van der Waals surface area contributed by atoms with Crippen molar-refractivity contribution in [1.29, 1.82) is 0 Å². The number of carbonyl (C=O) groups excluding carboxylic acids is 1. The molecule has 170 valence electrons. The normalized spacial score (nSPS) is 24.3. The summed E-state index contributed by atoms with van der Waals surface area (Å²) in [5.41, 5.74) is 3.41. The molecule has 0 spiro atoms. The largest absolute Gasteiger partial charge is 0.497 e. The Hall–Kier alpha value is -2.33. The Balaban J connectivity index is 1.46. The Bertz CT molecular complexity index is 931. The molecule has 4 heteroatoms. The third kappa shape index (κ3) is 4.43. The van der Waals surface area contributed by atoms with Crippen molar-refractivity contribution in [2.45, 2.75) is 50.4 Å². The van der Waals surface area contributed by atoms with Crippen LogP contribution in [0.25, 0.3) is 0 Å². The first kappa shape index (κ1) is 21.5. The average Bonchev–Trinajstić information content (AvgIpc) is 3.68. The maximum Gasteiger partial charge on any atom is 0.253 e. The fourth-order valence-corrected chi connectivity index (χ4v) is 5.74. The summed E-state index contributed by atoms with van der Waals surface area (Å²) in [6.07, 6.45) is 8.58. The van der Waals surface area contributed by atoms with Crippen LogP contribution in [0.1, 0.15) is 66.4 Å². The highest BCUT2D eigenvalue weighted by Gasteiger charge is 2.40.